The van der Waals surface area contributed by atoms with E-state index in [2.05, 4.69) is 0 Å². The molecule has 3 aromatic carbocycles. The zero-order chi connectivity index (χ0) is 15.1. The monoisotopic (exact) mass is 306 g/mol. The molecule has 0 spiro atoms. The Balaban J connectivity index is 2.25. The first-order valence-corrected chi connectivity index (χ1v) is 6.45. The third-order valence-corrected chi connectivity index (χ3v) is 3.65. The molecular formula is C16H9ClF2O2. The molecular weight excluding hydrogens is 298 g/mol. The zero-order valence-corrected chi connectivity index (χ0v) is 11.3. The van der Waals surface area contributed by atoms with E-state index in [-0.39, 0.29) is 16.2 Å². The highest BCUT2D eigenvalue weighted by Gasteiger charge is 2.12. The third-order valence-electron chi connectivity index (χ3n) is 3.27. The SMILES string of the molecule is Oc1ccc(-c2cc(F)c3c(Cl)c(O)ccc3c2)cc1F. The van der Waals surface area contributed by atoms with Gasteiger partial charge in [-0.15, -0.1) is 0 Å². The Morgan fingerprint density at radius 2 is 1.43 bits per heavy atom. The molecule has 5 heteroatoms. The van der Waals surface area contributed by atoms with Crippen molar-refractivity contribution < 1.29 is 19.0 Å². The summed E-state index contributed by atoms with van der Waals surface area (Å²) >= 11 is 5.89. The van der Waals surface area contributed by atoms with E-state index in [1.165, 1.54) is 30.3 Å². The van der Waals surface area contributed by atoms with Gasteiger partial charge < -0.3 is 10.2 Å². The summed E-state index contributed by atoms with van der Waals surface area (Å²) in [4.78, 5) is 0. The van der Waals surface area contributed by atoms with E-state index in [9.17, 15) is 19.0 Å². The molecule has 2 N–H and O–H groups in total. The number of halogens is 3. The number of benzene rings is 3. The van der Waals surface area contributed by atoms with Gasteiger partial charge in [-0.3, -0.25) is 0 Å². The van der Waals surface area contributed by atoms with Crippen LogP contribution in [0.3, 0.4) is 0 Å². The summed E-state index contributed by atoms with van der Waals surface area (Å²) in [6, 6.07) is 9.55. The van der Waals surface area contributed by atoms with Gasteiger partial charge in [-0.1, -0.05) is 23.7 Å². The average molecular weight is 307 g/mol. The molecule has 0 aliphatic heterocycles. The van der Waals surface area contributed by atoms with E-state index in [0.717, 1.165) is 6.07 Å². The summed E-state index contributed by atoms with van der Waals surface area (Å²) < 4.78 is 27.6. The highest BCUT2D eigenvalue weighted by molar-refractivity contribution is 6.37. The van der Waals surface area contributed by atoms with Crippen LogP contribution < -0.4 is 0 Å². The molecule has 0 aliphatic rings. The first-order chi connectivity index (χ1) is 9.97. The standard InChI is InChI=1S/C16H9ClF2O2/c17-16-14(21)4-2-9-5-10(7-12(19)15(9)16)8-1-3-13(20)11(18)6-8/h1-7,20-21H. The third kappa shape index (κ3) is 2.28. The van der Waals surface area contributed by atoms with Crippen molar-refractivity contribution in [2.24, 2.45) is 0 Å². The minimum absolute atomic E-state index is 0.0616. The molecule has 0 unspecified atom stereocenters. The van der Waals surface area contributed by atoms with Crippen LogP contribution in [0.25, 0.3) is 21.9 Å². The van der Waals surface area contributed by atoms with Crippen molar-refractivity contribution in [2.45, 2.75) is 0 Å². The van der Waals surface area contributed by atoms with Gasteiger partial charge in [0.1, 0.15) is 11.6 Å². The van der Waals surface area contributed by atoms with Gasteiger partial charge in [-0.25, -0.2) is 8.78 Å². The Labute approximate surface area is 123 Å². The van der Waals surface area contributed by atoms with Crippen LogP contribution in [0.2, 0.25) is 5.02 Å². The smallest absolute Gasteiger partial charge is 0.165 e. The quantitative estimate of drug-likeness (QED) is 0.674. The van der Waals surface area contributed by atoms with E-state index < -0.39 is 17.4 Å². The number of phenols is 2. The van der Waals surface area contributed by atoms with Gasteiger partial charge in [-0.2, -0.15) is 0 Å². The van der Waals surface area contributed by atoms with E-state index in [1.807, 2.05) is 0 Å². The second-order valence-corrected chi connectivity index (χ2v) is 5.00. The molecule has 0 saturated heterocycles. The first-order valence-electron chi connectivity index (χ1n) is 6.07. The van der Waals surface area contributed by atoms with Gasteiger partial charge in [0.15, 0.2) is 11.6 Å². The van der Waals surface area contributed by atoms with Crippen LogP contribution in [-0.4, -0.2) is 10.2 Å². The lowest BCUT2D eigenvalue weighted by Gasteiger charge is -2.08. The predicted molar refractivity (Wildman–Crippen MR) is 77.6 cm³/mol. The number of hydrogen-bond donors (Lipinski definition) is 2. The van der Waals surface area contributed by atoms with E-state index >= 15 is 0 Å². The normalized spacial score (nSPS) is 11.0. The Morgan fingerprint density at radius 3 is 2.14 bits per heavy atom. The van der Waals surface area contributed by atoms with Crippen molar-refractivity contribution in [2.75, 3.05) is 0 Å². The lowest BCUT2D eigenvalue weighted by Crippen LogP contribution is -1.87. The first kappa shape index (κ1) is 13.6. The lowest BCUT2D eigenvalue weighted by atomic mass is 10.0. The molecule has 2 nitrogen and oxygen atoms in total. The van der Waals surface area contributed by atoms with Gasteiger partial charge in [0.05, 0.1) is 5.02 Å². The van der Waals surface area contributed by atoms with Crippen molar-refractivity contribution in [3.63, 3.8) is 0 Å². The summed E-state index contributed by atoms with van der Waals surface area (Å²) in [5.41, 5.74) is 0.871. The maximum atomic E-state index is 14.2. The molecule has 0 fully saturated rings. The lowest BCUT2D eigenvalue weighted by molar-refractivity contribution is 0.432. The number of rotatable bonds is 1. The van der Waals surface area contributed by atoms with Crippen molar-refractivity contribution in [1.29, 1.82) is 0 Å². The van der Waals surface area contributed by atoms with E-state index in [0.29, 0.717) is 16.5 Å². The molecule has 0 aromatic heterocycles. The Morgan fingerprint density at radius 1 is 0.762 bits per heavy atom. The van der Waals surface area contributed by atoms with Gasteiger partial charge in [0, 0.05) is 5.39 Å². The highest BCUT2D eigenvalue weighted by atomic mass is 35.5. The second kappa shape index (κ2) is 4.90. The van der Waals surface area contributed by atoms with Crippen molar-refractivity contribution in [3.05, 3.63) is 59.1 Å². The molecule has 3 aromatic rings. The van der Waals surface area contributed by atoms with Crippen LogP contribution in [0.1, 0.15) is 0 Å². The van der Waals surface area contributed by atoms with Crippen LogP contribution in [0.4, 0.5) is 8.78 Å². The fourth-order valence-corrected chi connectivity index (χ4v) is 2.48. The fourth-order valence-electron chi connectivity index (χ4n) is 2.21. The van der Waals surface area contributed by atoms with Crippen LogP contribution in [-0.2, 0) is 0 Å². The summed E-state index contributed by atoms with van der Waals surface area (Å²) in [6.07, 6.45) is 0. The van der Waals surface area contributed by atoms with Gasteiger partial charge in [0.25, 0.3) is 0 Å². The van der Waals surface area contributed by atoms with Crippen LogP contribution >= 0.6 is 11.6 Å². The largest absolute Gasteiger partial charge is 0.506 e. The molecule has 0 atom stereocenters. The molecule has 0 amide bonds. The van der Waals surface area contributed by atoms with Crippen molar-refractivity contribution in [1.82, 2.24) is 0 Å². The van der Waals surface area contributed by atoms with Crippen molar-refractivity contribution in [3.8, 4) is 22.6 Å². The Hall–Kier alpha value is -2.33. The van der Waals surface area contributed by atoms with Gasteiger partial charge in [0.2, 0.25) is 0 Å². The minimum atomic E-state index is -0.781. The molecule has 106 valence electrons. The van der Waals surface area contributed by atoms with E-state index in [1.54, 1.807) is 6.07 Å². The van der Waals surface area contributed by atoms with Crippen LogP contribution in [0, 0.1) is 11.6 Å². The molecule has 0 aliphatic carbocycles. The summed E-state index contributed by atoms with van der Waals surface area (Å²) in [5.74, 6) is -2.06. The maximum Gasteiger partial charge on any atom is 0.165 e. The zero-order valence-electron chi connectivity index (χ0n) is 10.6. The van der Waals surface area contributed by atoms with Crippen molar-refractivity contribution >= 4 is 22.4 Å². The van der Waals surface area contributed by atoms with Gasteiger partial charge in [-0.05, 0) is 46.8 Å². The minimum Gasteiger partial charge on any atom is -0.506 e. The van der Waals surface area contributed by atoms with Crippen LogP contribution in [0.15, 0.2) is 42.5 Å². The maximum absolute atomic E-state index is 14.2. The Kier molecular flexibility index (Phi) is 3.18. The molecule has 0 heterocycles. The number of phenolic OH excluding ortho intramolecular Hbond substituents is 2. The van der Waals surface area contributed by atoms with E-state index in [4.69, 9.17) is 11.6 Å². The van der Waals surface area contributed by atoms with Gasteiger partial charge >= 0.3 is 0 Å². The molecule has 3 rings (SSSR count). The molecule has 0 saturated carbocycles. The second-order valence-electron chi connectivity index (χ2n) is 4.62. The number of fused-ring (bicyclic) bond motifs is 1. The molecule has 0 bridgehead atoms. The average Bonchev–Trinajstić information content (AvgIpc) is 2.45. The summed E-state index contributed by atoms with van der Waals surface area (Å²) in [6.45, 7) is 0. The topological polar surface area (TPSA) is 40.5 Å². The number of hydrogen-bond acceptors (Lipinski definition) is 2. The number of aromatic hydroxyl groups is 2. The molecule has 0 radical (unpaired) electrons. The predicted octanol–water partition coefficient (Wildman–Crippen LogP) is 4.85. The molecule has 21 heavy (non-hydrogen) atoms. The fraction of sp³-hybridized carbons (Fsp3) is 0. The van der Waals surface area contributed by atoms with Crippen LogP contribution in [0.5, 0.6) is 11.5 Å². The summed E-state index contributed by atoms with van der Waals surface area (Å²) in [7, 11) is 0. The Bertz CT molecular complexity index is 863. The summed E-state index contributed by atoms with van der Waals surface area (Å²) in [5, 5.41) is 19.2. The highest BCUT2D eigenvalue weighted by Crippen LogP contribution is 2.36.